The van der Waals surface area contributed by atoms with Gasteiger partial charge in [-0.15, -0.1) is 0 Å². The van der Waals surface area contributed by atoms with E-state index in [-0.39, 0.29) is 5.69 Å². The Hall–Kier alpha value is -2.39. The van der Waals surface area contributed by atoms with Crippen molar-refractivity contribution in [3.05, 3.63) is 67.7 Å². The molecule has 5 nitrogen and oxygen atoms in total. The van der Waals surface area contributed by atoms with Gasteiger partial charge in [0.2, 0.25) is 0 Å². The van der Waals surface area contributed by atoms with Gasteiger partial charge in [-0.2, -0.15) is 5.26 Å². The number of nitriles is 1. The van der Waals surface area contributed by atoms with E-state index in [2.05, 4.69) is 27.3 Å². The smallest absolute Gasteiger partial charge is 0.272 e. The number of halogens is 1. The monoisotopic (exact) mass is 345 g/mol. The standard InChI is InChI=1S/C15H12BrN3O2/c1-10-12(3-2-4-15(10)19(20)21)9-18-14-7-13(16)6-5-11(14)8-17/h2-7,18H,9H2,1H3. The van der Waals surface area contributed by atoms with Gasteiger partial charge in [-0.25, -0.2) is 0 Å². The van der Waals surface area contributed by atoms with Crippen molar-refractivity contribution >= 4 is 27.3 Å². The molecule has 0 aliphatic carbocycles. The Morgan fingerprint density at radius 3 is 2.81 bits per heavy atom. The van der Waals surface area contributed by atoms with E-state index in [1.165, 1.54) is 6.07 Å². The van der Waals surface area contributed by atoms with Crippen LogP contribution in [-0.4, -0.2) is 4.92 Å². The third kappa shape index (κ3) is 3.38. The van der Waals surface area contributed by atoms with Crippen LogP contribution in [-0.2, 0) is 6.54 Å². The van der Waals surface area contributed by atoms with E-state index >= 15 is 0 Å². The number of hydrogen-bond donors (Lipinski definition) is 1. The van der Waals surface area contributed by atoms with Gasteiger partial charge in [-0.3, -0.25) is 10.1 Å². The van der Waals surface area contributed by atoms with Crippen molar-refractivity contribution in [1.82, 2.24) is 0 Å². The fourth-order valence-electron chi connectivity index (χ4n) is 2.01. The maximum atomic E-state index is 10.9. The van der Waals surface area contributed by atoms with Crippen molar-refractivity contribution in [2.45, 2.75) is 13.5 Å². The maximum absolute atomic E-state index is 10.9. The molecule has 0 unspecified atom stereocenters. The molecule has 21 heavy (non-hydrogen) atoms. The van der Waals surface area contributed by atoms with Gasteiger partial charge in [0, 0.05) is 22.6 Å². The Balaban J connectivity index is 2.25. The number of rotatable bonds is 4. The lowest BCUT2D eigenvalue weighted by atomic mass is 10.1. The summed E-state index contributed by atoms with van der Waals surface area (Å²) in [5, 5.41) is 23.2. The third-order valence-electron chi connectivity index (χ3n) is 3.19. The van der Waals surface area contributed by atoms with Crippen molar-refractivity contribution in [2.24, 2.45) is 0 Å². The van der Waals surface area contributed by atoms with Crippen LogP contribution in [0.25, 0.3) is 0 Å². The Morgan fingerprint density at radius 2 is 2.14 bits per heavy atom. The van der Waals surface area contributed by atoms with Crippen LogP contribution in [0.5, 0.6) is 0 Å². The summed E-state index contributed by atoms with van der Waals surface area (Å²) in [6, 6.07) is 12.4. The molecule has 2 rings (SSSR count). The van der Waals surface area contributed by atoms with Crippen LogP contribution < -0.4 is 5.32 Å². The van der Waals surface area contributed by atoms with E-state index in [0.29, 0.717) is 23.4 Å². The van der Waals surface area contributed by atoms with Crippen LogP contribution in [0.3, 0.4) is 0 Å². The topological polar surface area (TPSA) is 79.0 Å². The Morgan fingerprint density at radius 1 is 1.38 bits per heavy atom. The Labute approximate surface area is 130 Å². The molecule has 0 amide bonds. The highest BCUT2D eigenvalue weighted by molar-refractivity contribution is 9.10. The van der Waals surface area contributed by atoms with Gasteiger partial charge in [0.1, 0.15) is 6.07 Å². The quantitative estimate of drug-likeness (QED) is 0.666. The molecule has 106 valence electrons. The van der Waals surface area contributed by atoms with Gasteiger partial charge in [-0.05, 0) is 30.7 Å². The molecule has 0 atom stereocenters. The van der Waals surface area contributed by atoms with E-state index in [1.54, 1.807) is 25.1 Å². The molecule has 2 aromatic carbocycles. The fourth-order valence-corrected chi connectivity index (χ4v) is 2.37. The van der Waals surface area contributed by atoms with Crippen LogP contribution in [0.2, 0.25) is 0 Å². The SMILES string of the molecule is Cc1c(CNc2cc(Br)ccc2C#N)cccc1[N+](=O)[O-]. The molecule has 1 N–H and O–H groups in total. The van der Waals surface area contributed by atoms with Gasteiger partial charge in [0.25, 0.3) is 5.69 Å². The molecule has 0 saturated heterocycles. The number of hydrogen-bond acceptors (Lipinski definition) is 4. The Kier molecular flexibility index (Phi) is 4.55. The van der Waals surface area contributed by atoms with Crippen molar-refractivity contribution in [1.29, 1.82) is 5.26 Å². The van der Waals surface area contributed by atoms with Crippen molar-refractivity contribution in [2.75, 3.05) is 5.32 Å². The molecule has 0 aliphatic heterocycles. The van der Waals surface area contributed by atoms with E-state index in [0.717, 1.165) is 10.0 Å². The third-order valence-corrected chi connectivity index (χ3v) is 3.68. The molecule has 0 spiro atoms. The minimum Gasteiger partial charge on any atom is -0.380 e. The van der Waals surface area contributed by atoms with Crippen LogP contribution in [0, 0.1) is 28.4 Å². The molecular formula is C15H12BrN3O2. The second-order valence-corrected chi connectivity index (χ2v) is 5.39. The van der Waals surface area contributed by atoms with Crippen LogP contribution in [0.15, 0.2) is 40.9 Å². The summed E-state index contributed by atoms with van der Waals surface area (Å²) in [6.07, 6.45) is 0. The number of nitro groups is 1. The summed E-state index contributed by atoms with van der Waals surface area (Å²) in [6.45, 7) is 2.14. The second kappa shape index (κ2) is 6.37. The summed E-state index contributed by atoms with van der Waals surface area (Å²) in [5.41, 5.74) is 2.78. The van der Waals surface area contributed by atoms with Crippen LogP contribution >= 0.6 is 15.9 Å². The fraction of sp³-hybridized carbons (Fsp3) is 0.133. The molecule has 0 fully saturated rings. The van der Waals surface area contributed by atoms with Gasteiger partial charge < -0.3 is 5.32 Å². The van der Waals surface area contributed by atoms with Gasteiger partial charge >= 0.3 is 0 Å². The number of nitrogens with zero attached hydrogens (tertiary/aromatic N) is 2. The predicted molar refractivity (Wildman–Crippen MR) is 84.0 cm³/mol. The van der Waals surface area contributed by atoms with E-state index < -0.39 is 4.92 Å². The molecule has 0 heterocycles. The highest BCUT2D eigenvalue weighted by Crippen LogP contribution is 2.24. The average Bonchev–Trinajstić information content (AvgIpc) is 2.46. The van der Waals surface area contributed by atoms with Crippen LogP contribution in [0.1, 0.15) is 16.7 Å². The van der Waals surface area contributed by atoms with E-state index in [1.807, 2.05) is 12.1 Å². The summed E-state index contributed by atoms with van der Waals surface area (Å²) in [4.78, 5) is 10.5. The van der Waals surface area contributed by atoms with E-state index in [9.17, 15) is 10.1 Å². The molecule has 0 saturated carbocycles. The second-order valence-electron chi connectivity index (χ2n) is 4.47. The lowest BCUT2D eigenvalue weighted by molar-refractivity contribution is -0.385. The first-order chi connectivity index (χ1) is 10.0. The maximum Gasteiger partial charge on any atom is 0.272 e. The minimum absolute atomic E-state index is 0.101. The normalized spacial score (nSPS) is 9.95. The van der Waals surface area contributed by atoms with Crippen LogP contribution in [0.4, 0.5) is 11.4 Å². The molecule has 2 aromatic rings. The highest BCUT2D eigenvalue weighted by atomic mass is 79.9. The zero-order chi connectivity index (χ0) is 15.4. The minimum atomic E-state index is -0.390. The molecule has 6 heteroatoms. The van der Waals surface area contributed by atoms with Gasteiger partial charge in [0.05, 0.1) is 16.2 Å². The van der Waals surface area contributed by atoms with Gasteiger partial charge in [0.15, 0.2) is 0 Å². The highest BCUT2D eigenvalue weighted by Gasteiger charge is 2.13. The molecule has 0 aliphatic rings. The van der Waals surface area contributed by atoms with Gasteiger partial charge in [-0.1, -0.05) is 28.1 Å². The number of nitrogens with one attached hydrogen (secondary N) is 1. The summed E-state index contributed by atoms with van der Waals surface area (Å²) in [5.74, 6) is 0. The number of nitro benzene ring substituents is 1. The largest absolute Gasteiger partial charge is 0.380 e. The molecule has 0 aromatic heterocycles. The first-order valence-corrected chi connectivity index (χ1v) is 6.98. The number of benzene rings is 2. The lowest BCUT2D eigenvalue weighted by Crippen LogP contribution is -2.04. The first-order valence-electron chi connectivity index (χ1n) is 6.19. The zero-order valence-corrected chi connectivity index (χ0v) is 12.8. The van der Waals surface area contributed by atoms with Crippen molar-refractivity contribution in [3.63, 3.8) is 0 Å². The lowest BCUT2D eigenvalue weighted by Gasteiger charge is -2.11. The van der Waals surface area contributed by atoms with Crippen molar-refractivity contribution < 1.29 is 4.92 Å². The van der Waals surface area contributed by atoms with E-state index in [4.69, 9.17) is 5.26 Å². The summed E-state index contributed by atoms with van der Waals surface area (Å²) < 4.78 is 0.861. The van der Waals surface area contributed by atoms with Crippen molar-refractivity contribution in [3.8, 4) is 6.07 Å². The average molecular weight is 346 g/mol. The Bertz CT molecular complexity index is 738. The summed E-state index contributed by atoms with van der Waals surface area (Å²) >= 11 is 3.36. The predicted octanol–water partition coefficient (Wildman–Crippen LogP) is 4.15. The molecule has 0 radical (unpaired) electrons. The number of anilines is 1. The zero-order valence-electron chi connectivity index (χ0n) is 11.3. The molecule has 0 bridgehead atoms. The first kappa shape index (κ1) is 15.0. The molecular weight excluding hydrogens is 334 g/mol. The summed E-state index contributed by atoms with van der Waals surface area (Å²) in [7, 11) is 0.